The molecule has 1 fully saturated rings. The van der Waals surface area contributed by atoms with Gasteiger partial charge in [-0.05, 0) is 0 Å². The smallest absolute Gasteiger partial charge is 0.145 e. The van der Waals surface area contributed by atoms with E-state index in [0.717, 1.165) is 23.8 Å². The molecule has 16 heavy (non-hydrogen) atoms. The van der Waals surface area contributed by atoms with Gasteiger partial charge in [0.2, 0.25) is 0 Å². The first-order valence-electron chi connectivity index (χ1n) is 5.65. The summed E-state index contributed by atoms with van der Waals surface area (Å²) in [6.07, 6.45) is 0.507. The fourth-order valence-electron chi connectivity index (χ4n) is 1.55. The van der Waals surface area contributed by atoms with Crippen molar-refractivity contribution in [3.63, 3.8) is 0 Å². The molecule has 0 unspecified atom stereocenters. The summed E-state index contributed by atoms with van der Waals surface area (Å²) in [5, 5.41) is 6.15. The summed E-state index contributed by atoms with van der Waals surface area (Å²) in [5.41, 5.74) is 1.17. The first kappa shape index (κ1) is 11.7. The summed E-state index contributed by atoms with van der Waals surface area (Å²) in [7, 11) is 0. The number of nitrogens with one attached hydrogen (secondary N) is 1. The second-order valence-corrected chi connectivity index (χ2v) is 6.32. The Hall–Kier alpha value is -0.740. The van der Waals surface area contributed by atoms with Crippen molar-refractivity contribution in [2.45, 2.75) is 32.6 Å². The lowest BCUT2D eigenvalue weighted by Crippen LogP contribution is -2.47. The molecule has 0 radical (unpaired) electrons. The predicted octanol–water partition coefficient (Wildman–Crippen LogP) is 1.77. The Morgan fingerprint density at radius 2 is 2.25 bits per heavy atom. The minimum Gasteiger partial charge on any atom is -0.315 e. The lowest BCUT2D eigenvalue weighted by atomic mass is 9.93. The van der Waals surface area contributed by atoms with E-state index >= 15 is 0 Å². The fourth-order valence-corrected chi connectivity index (χ4v) is 2.58. The van der Waals surface area contributed by atoms with E-state index in [1.807, 2.05) is 0 Å². The number of thiazole rings is 1. The van der Waals surface area contributed by atoms with E-state index in [2.05, 4.69) is 36.5 Å². The van der Waals surface area contributed by atoms with Crippen molar-refractivity contribution in [2.24, 2.45) is 5.92 Å². The van der Waals surface area contributed by atoms with Gasteiger partial charge in [0.25, 0.3) is 0 Å². The maximum absolute atomic E-state index is 11.8. The standard InChI is InChI=1S/C12H18N2OS/c1-12(2,3)10-7-16-11(14-10)4-9(15)8-5-13-6-8/h7-8,13H,4-6H2,1-3H3. The third-order valence-corrected chi connectivity index (χ3v) is 3.73. The molecule has 1 N–H and O–H groups in total. The molecule has 1 aromatic rings. The minimum atomic E-state index is 0.0792. The van der Waals surface area contributed by atoms with E-state index in [9.17, 15) is 4.79 Å². The molecule has 1 aliphatic rings. The third-order valence-electron chi connectivity index (χ3n) is 2.88. The van der Waals surface area contributed by atoms with Gasteiger partial charge < -0.3 is 5.32 Å². The van der Waals surface area contributed by atoms with Crippen LogP contribution in [0.3, 0.4) is 0 Å². The molecule has 2 heterocycles. The Balaban J connectivity index is 1.99. The van der Waals surface area contributed by atoms with E-state index in [4.69, 9.17) is 0 Å². The number of hydrogen-bond acceptors (Lipinski definition) is 4. The van der Waals surface area contributed by atoms with Crippen LogP contribution in [-0.4, -0.2) is 23.9 Å². The maximum Gasteiger partial charge on any atom is 0.145 e. The normalized spacial score (nSPS) is 17.2. The summed E-state index contributed by atoms with van der Waals surface area (Å²) in [5.74, 6) is 0.551. The zero-order valence-electron chi connectivity index (χ0n) is 10.0. The Labute approximate surface area is 100 Å². The van der Waals surface area contributed by atoms with Gasteiger partial charge in [0, 0.05) is 29.8 Å². The summed E-state index contributed by atoms with van der Waals surface area (Å²) in [4.78, 5) is 16.3. The van der Waals surface area contributed by atoms with Crippen LogP contribution in [0, 0.1) is 5.92 Å². The summed E-state index contributed by atoms with van der Waals surface area (Å²) >= 11 is 1.60. The van der Waals surface area contributed by atoms with Crippen molar-refractivity contribution < 1.29 is 4.79 Å². The van der Waals surface area contributed by atoms with Crippen molar-refractivity contribution in [1.82, 2.24) is 10.3 Å². The number of rotatable bonds is 3. The number of hydrogen-bond donors (Lipinski definition) is 1. The van der Waals surface area contributed by atoms with Crippen LogP contribution in [0.15, 0.2) is 5.38 Å². The molecule has 0 amide bonds. The molecule has 3 nitrogen and oxygen atoms in total. The number of Topliss-reactive ketones (excluding diaryl/α,β-unsaturated/α-hetero) is 1. The van der Waals surface area contributed by atoms with Crippen LogP contribution in [-0.2, 0) is 16.6 Å². The molecule has 1 aliphatic heterocycles. The largest absolute Gasteiger partial charge is 0.315 e. The number of ketones is 1. The van der Waals surface area contributed by atoms with Crippen molar-refractivity contribution in [3.05, 3.63) is 16.1 Å². The molecule has 0 spiro atoms. The lowest BCUT2D eigenvalue weighted by Gasteiger charge is -2.25. The first-order chi connectivity index (χ1) is 7.47. The van der Waals surface area contributed by atoms with Gasteiger partial charge in [0.05, 0.1) is 12.1 Å². The third kappa shape index (κ3) is 2.50. The van der Waals surface area contributed by atoms with E-state index in [-0.39, 0.29) is 11.3 Å². The van der Waals surface area contributed by atoms with Gasteiger partial charge in [-0.2, -0.15) is 0 Å². The molecule has 1 saturated heterocycles. The van der Waals surface area contributed by atoms with Gasteiger partial charge in [-0.25, -0.2) is 4.98 Å². The summed E-state index contributed by atoms with van der Waals surface area (Å²) in [6.45, 7) is 8.11. The lowest BCUT2D eigenvalue weighted by molar-refractivity contribution is -0.123. The molecule has 0 bridgehead atoms. The van der Waals surface area contributed by atoms with E-state index < -0.39 is 0 Å². The second-order valence-electron chi connectivity index (χ2n) is 5.37. The predicted molar refractivity (Wildman–Crippen MR) is 65.9 cm³/mol. The van der Waals surface area contributed by atoms with Crippen LogP contribution in [0.5, 0.6) is 0 Å². The average Bonchev–Trinajstić information content (AvgIpc) is 2.47. The SMILES string of the molecule is CC(C)(C)c1csc(CC(=O)C2CNC2)n1. The van der Waals surface area contributed by atoms with Crippen LogP contribution >= 0.6 is 11.3 Å². The Bertz CT molecular complexity index is 388. The van der Waals surface area contributed by atoms with Gasteiger partial charge in [-0.3, -0.25) is 4.79 Å². The van der Waals surface area contributed by atoms with Crippen LogP contribution in [0.4, 0.5) is 0 Å². The molecular weight excluding hydrogens is 220 g/mol. The van der Waals surface area contributed by atoms with Crippen LogP contribution in [0.2, 0.25) is 0 Å². The van der Waals surface area contributed by atoms with Crippen molar-refractivity contribution in [2.75, 3.05) is 13.1 Å². The van der Waals surface area contributed by atoms with Crippen LogP contribution < -0.4 is 5.32 Å². The second kappa shape index (κ2) is 4.26. The van der Waals surface area contributed by atoms with Gasteiger partial charge >= 0.3 is 0 Å². The molecule has 0 aromatic carbocycles. The zero-order chi connectivity index (χ0) is 11.8. The number of aromatic nitrogens is 1. The molecule has 88 valence electrons. The Kier molecular flexibility index (Phi) is 3.13. The van der Waals surface area contributed by atoms with Crippen LogP contribution in [0.1, 0.15) is 31.5 Å². The molecule has 4 heteroatoms. The number of carbonyl (C=O) groups is 1. The highest BCUT2D eigenvalue weighted by Gasteiger charge is 2.26. The Morgan fingerprint density at radius 1 is 1.56 bits per heavy atom. The van der Waals surface area contributed by atoms with E-state index in [0.29, 0.717) is 12.2 Å². The monoisotopic (exact) mass is 238 g/mol. The maximum atomic E-state index is 11.8. The van der Waals surface area contributed by atoms with Gasteiger partial charge in [-0.1, -0.05) is 20.8 Å². The van der Waals surface area contributed by atoms with Crippen molar-refractivity contribution in [1.29, 1.82) is 0 Å². The highest BCUT2D eigenvalue weighted by Crippen LogP contribution is 2.24. The molecule has 0 aliphatic carbocycles. The van der Waals surface area contributed by atoms with Gasteiger partial charge in [0.1, 0.15) is 10.8 Å². The van der Waals surface area contributed by atoms with Gasteiger partial charge in [0.15, 0.2) is 0 Å². The highest BCUT2D eigenvalue weighted by atomic mass is 32.1. The zero-order valence-corrected chi connectivity index (χ0v) is 10.9. The number of carbonyl (C=O) groups excluding carboxylic acids is 1. The van der Waals surface area contributed by atoms with Crippen molar-refractivity contribution in [3.8, 4) is 0 Å². The molecule has 2 rings (SSSR count). The van der Waals surface area contributed by atoms with Crippen molar-refractivity contribution >= 4 is 17.1 Å². The Morgan fingerprint density at radius 3 is 2.69 bits per heavy atom. The molecule has 1 aromatic heterocycles. The summed E-state index contributed by atoms with van der Waals surface area (Å²) < 4.78 is 0. The van der Waals surface area contributed by atoms with E-state index in [1.165, 1.54) is 0 Å². The van der Waals surface area contributed by atoms with Gasteiger partial charge in [-0.15, -0.1) is 11.3 Å². The fraction of sp³-hybridized carbons (Fsp3) is 0.667. The van der Waals surface area contributed by atoms with E-state index in [1.54, 1.807) is 11.3 Å². The quantitative estimate of drug-likeness (QED) is 0.872. The minimum absolute atomic E-state index is 0.0792. The average molecular weight is 238 g/mol. The molecule has 0 atom stereocenters. The summed E-state index contributed by atoms with van der Waals surface area (Å²) in [6, 6.07) is 0. The van der Waals surface area contributed by atoms with Crippen LogP contribution in [0.25, 0.3) is 0 Å². The molecular formula is C12H18N2OS. The highest BCUT2D eigenvalue weighted by molar-refractivity contribution is 7.09. The molecule has 0 saturated carbocycles. The first-order valence-corrected chi connectivity index (χ1v) is 6.53. The number of nitrogens with zero attached hydrogens (tertiary/aromatic N) is 1. The topological polar surface area (TPSA) is 42.0 Å².